The van der Waals surface area contributed by atoms with Crippen molar-refractivity contribution >= 4 is 22.4 Å². The molecule has 0 bridgehead atoms. The van der Waals surface area contributed by atoms with Gasteiger partial charge in [-0.2, -0.15) is 0 Å². The minimum atomic E-state index is -3.46. The normalized spacial score (nSPS) is 17.7. The zero-order chi connectivity index (χ0) is 13.2. The van der Waals surface area contributed by atoms with Crippen LogP contribution in [0.4, 0.5) is 0 Å². The van der Waals surface area contributed by atoms with E-state index in [1.165, 1.54) is 12.1 Å². The summed E-state index contributed by atoms with van der Waals surface area (Å²) in [5, 5.41) is 18.1. The lowest BCUT2D eigenvalue weighted by Gasteiger charge is -2.23. The van der Waals surface area contributed by atoms with Crippen LogP contribution < -0.4 is 5.46 Å². The van der Waals surface area contributed by atoms with Crippen LogP contribution >= 0.6 is 0 Å². The summed E-state index contributed by atoms with van der Waals surface area (Å²) in [6.07, 6.45) is 4.26. The molecule has 0 atom stereocenters. The molecule has 1 aliphatic rings. The van der Waals surface area contributed by atoms with Crippen molar-refractivity contribution in [3.8, 4) is 0 Å². The van der Waals surface area contributed by atoms with Gasteiger partial charge in [-0.25, -0.2) is 8.42 Å². The van der Waals surface area contributed by atoms with Crippen LogP contribution in [0.5, 0.6) is 0 Å². The lowest BCUT2D eigenvalue weighted by molar-refractivity contribution is 0.424. The Bertz CT molecular complexity index is 507. The van der Waals surface area contributed by atoms with Crippen LogP contribution in [0.15, 0.2) is 29.2 Å². The number of hydrogen-bond acceptors (Lipinski definition) is 4. The Labute approximate surface area is 108 Å². The van der Waals surface area contributed by atoms with Gasteiger partial charge in [-0.15, -0.1) is 0 Å². The van der Waals surface area contributed by atoms with Gasteiger partial charge in [-0.05, 0) is 18.9 Å². The standard InChI is InChI=1S/C12H17BO4S/c14-13(15)11-8-4-5-9-12(11)18(16,17)10-6-2-1-3-7-10/h4-5,8-10,14-15H,1-3,6-7H2. The molecule has 1 aromatic carbocycles. The van der Waals surface area contributed by atoms with Crippen LogP contribution in [0, 0.1) is 0 Å². The first-order chi connectivity index (χ1) is 8.53. The molecular formula is C12H17BO4S. The molecule has 2 rings (SSSR count). The summed E-state index contributed by atoms with van der Waals surface area (Å²) in [7, 11) is -5.21. The smallest absolute Gasteiger partial charge is 0.423 e. The van der Waals surface area contributed by atoms with Crippen LogP contribution in [0.3, 0.4) is 0 Å². The van der Waals surface area contributed by atoms with E-state index >= 15 is 0 Å². The van der Waals surface area contributed by atoms with Crippen molar-refractivity contribution in [1.29, 1.82) is 0 Å². The number of hydrogen-bond donors (Lipinski definition) is 2. The van der Waals surface area contributed by atoms with Crippen LogP contribution in [0.25, 0.3) is 0 Å². The summed E-state index contributed by atoms with van der Waals surface area (Å²) in [5.41, 5.74) is 0.0723. The van der Waals surface area contributed by atoms with E-state index in [1.807, 2.05) is 0 Å². The van der Waals surface area contributed by atoms with Crippen LogP contribution in [0.1, 0.15) is 32.1 Å². The second-order valence-corrected chi connectivity index (χ2v) is 6.91. The predicted molar refractivity (Wildman–Crippen MR) is 70.3 cm³/mol. The molecule has 0 spiro atoms. The first-order valence-corrected chi connectivity index (χ1v) is 7.77. The third kappa shape index (κ3) is 2.60. The van der Waals surface area contributed by atoms with E-state index in [4.69, 9.17) is 0 Å². The van der Waals surface area contributed by atoms with Gasteiger partial charge >= 0.3 is 7.12 Å². The molecule has 98 valence electrons. The zero-order valence-electron chi connectivity index (χ0n) is 10.1. The third-order valence-corrected chi connectivity index (χ3v) is 5.83. The van der Waals surface area contributed by atoms with Gasteiger partial charge in [0.1, 0.15) is 0 Å². The molecule has 4 nitrogen and oxygen atoms in total. The van der Waals surface area contributed by atoms with Gasteiger partial charge in [-0.1, -0.05) is 37.5 Å². The first-order valence-electron chi connectivity index (χ1n) is 6.22. The molecule has 1 aliphatic carbocycles. The number of sulfone groups is 1. The molecule has 6 heteroatoms. The largest absolute Gasteiger partial charge is 0.489 e. The van der Waals surface area contributed by atoms with Crippen molar-refractivity contribution in [1.82, 2.24) is 0 Å². The predicted octanol–water partition coefficient (Wildman–Crippen LogP) is 0.473. The van der Waals surface area contributed by atoms with E-state index < -0.39 is 17.0 Å². The Morgan fingerprint density at radius 3 is 2.28 bits per heavy atom. The number of benzene rings is 1. The average Bonchev–Trinajstić information content (AvgIpc) is 2.39. The summed E-state index contributed by atoms with van der Waals surface area (Å²) in [5.74, 6) is 0. The third-order valence-electron chi connectivity index (χ3n) is 3.49. The lowest BCUT2D eigenvalue weighted by Crippen LogP contribution is -2.37. The van der Waals surface area contributed by atoms with Gasteiger partial charge in [-0.3, -0.25) is 0 Å². The second kappa shape index (κ2) is 5.42. The summed E-state index contributed by atoms with van der Waals surface area (Å²) in [6.45, 7) is 0. The minimum absolute atomic E-state index is 0.0619. The molecule has 0 unspecified atom stereocenters. The maximum atomic E-state index is 12.5. The Balaban J connectivity index is 2.40. The van der Waals surface area contributed by atoms with Gasteiger partial charge in [0.15, 0.2) is 9.84 Å². The lowest BCUT2D eigenvalue weighted by atomic mass is 9.80. The molecular weight excluding hydrogens is 251 g/mol. The molecule has 1 saturated carbocycles. The molecule has 18 heavy (non-hydrogen) atoms. The van der Waals surface area contributed by atoms with Crippen molar-refractivity contribution in [3.05, 3.63) is 24.3 Å². The highest BCUT2D eigenvalue weighted by Crippen LogP contribution is 2.27. The van der Waals surface area contributed by atoms with E-state index in [0.717, 1.165) is 19.3 Å². The Morgan fingerprint density at radius 2 is 1.67 bits per heavy atom. The molecule has 2 N–H and O–H groups in total. The fraction of sp³-hybridized carbons (Fsp3) is 0.500. The summed E-state index contributed by atoms with van der Waals surface area (Å²) in [4.78, 5) is 0.0619. The molecule has 0 aromatic heterocycles. The summed E-state index contributed by atoms with van der Waals surface area (Å²) in [6, 6.07) is 6.12. The van der Waals surface area contributed by atoms with Gasteiger partial charge in [0, 0.05) is 5.46 Å². The highest BCUT2D eigenvalue weighted by molar-refractivity contribution is 7.92. The van der Waals surface area contributed by atoms with Gasteiger partial charge in [0.25, 0.3) is 0 Å². The first kappa shape index (κ1) is 13.6. The van der Waals surface area contributed by atoms with Gasteiger partial charge in [0.05, 0.1) is 10.1 Å². The van der Waals surface area contributed by atoms with Crippen LogP contribution in [0.2, 0.25) is 0 Å². The highest BCUT2D eigenvalue weighted by atomic mass is 32.2. The summed E-state index contributed by atoms with van der Waals surface area (Å²) < 4.78 is 25.0. The van der Waals surface area contributed by atoms with E-state index in [9.17, 15) is 18.5 Å². The fourth-order valence-corrected chi connectivity index (χ4v) is 4.59. The number of rotatable bonds is 3. The van der Waals surface area contributed by atoms with E-state index in [0.29, 0.717) is 12.8 Å². The zero-order valence-corrected chi connectivity index (χ0v) is 10.9. The van der Waals surface area contributed by atoms with E-state index in [2.05, 4.69) is 0 Å². The van der Waals surface area contributed by atoms with Crippen molar-refractivity contribution in [2.75, 3.05) is 0 Å². The van der Waals surface area contributed by atoms with E-state index in [-0.39, 0.29) is 15.6 Å². The quantitative estimate of drug-likeness (QED) is 0.781. The van der Waals surface area contributed by atoms with Crippen LogP contribution in [-0.2, 0) is 9.84 Å². The Hall–Kier alpha value is -0.845. The molecule has 0 saturated heterocycles. The molecule has 0 amide bonds. The molecule has 0 radical (unpaired) electrons. The maximum Gasteiger partial charge on any atom is 0.489 e. The van der Waals surface area contributed by atoms with Gasteiger partial charge in [0.2, 0.25) is 0 Å². The minimum Gasteiger partial charge on any atom is -0.423 e. The second-order valence-electron chi connectivity index (χ2n) is 4.72. The Morgan fingerprint density at radius 1 is 1.06 bits per heavy atom. The van der Waals surface area contributed by atoms with Crippen molar-refractivity contribution in [3.63, 3.8) is 0 Å². The maximum absolute atomic E-state index is 12.5. The molecule has 0 aliphatic heterocycles. The molecule has 1 aromatic rings. The average molecular weight is 268 g/mol. The Kier molecular flexibility index (Phi) is 4.09. The van der Waals surface area contributed by atoms with Crippen molar-refractivity contribution < 1.29 is 18.5 Å². The van der Waals surface area contributed by atoms with Crippen LogP contribution in [-0.4, -0.2) is 30.8 Å². The van der Waals surface area contributed by atoms with Crippen molar-refractivity contribution in [2.24, 2.45) is 0 Å². The molecule has 0 heterocycles. The highest BCUT2D eigenvalue weighted by Gasteiger charge is 2.32. The van der Waals surface area contributed by atoms with Gasteiger partial charge < -0.3 is 10.0 Å². The monoisotopic (exact) mass is 268 g/mol. The summed E-state index contributed by atoms with van der Waals surface area (Å²) >= 11 is 0. The van der Waals surface area contributed by atoms with Crippen molar-refractivity contribution in [2.45, 2.75) is 42.2 Å². The SMILES string of the molecule is O=S(=O)(c1ccccc1B(O)O)C1CCCCC1. The topological polar surface area (TPSA) is 74.6 Å². The fourth-order valence-electron chi connectivity index (χ4n) is 2.51. The van der Waals surface area contributed by atoms with E-state index in [1.54, 1.807) is 12.1 Å². The molecule has 1 fully saturated rings.